The van der Waals surface area contributed by atoms with Crippen LogP contribution in [0.5, 0.6) is 5.75 Å². The predicted molar refractivity (Wildman–Crippen MR) is 109 cm³/mol. The monoisotopic (exact) mass is 382 g/mol. The summed E-state index contributed by atoms with van der Waals surface area (Å²) >= 11 is 0. The Morgan fingerprint density at radius 2 is 1.41 bits per heavy atom. The Balaban J connectivity index is 1.81. The number of nitrogens with one attached hydrogen (secondary N) is 1. The molecule has 4 aromatic rings. The van der Waals surface area contributed by atoms with Crippen molar-refractivity contribution >= 4 is 22.5 Å². The highest BCUT2D eigenvalue weighted by molar-refractivity contribution is 6.26. The van der Waals surface area contributed by atoms with Crippen LogP contribution in [0.25, 0.3) is 22.0 Å². The first-order chi connectivity index (χ1) is 14.1. The maximum Gasteiger partial charge on any atom is 0.277 e. The molecule has 6 nitrogen and oxygen atoms in total. The third-order valence-corrected chi connectivity index (χ3v) is 5.11. The normalized spacial score (nSPS) is 11.9. The summed E-state index contributed by atoms with van der Waals surface area (Å²) in [4.78, 5) is 39.1. The van der Waals surface area contributed by atoms with E-state index in [0.29, 0.717) is 33.2 Å². The number of carbonyl (C=O) groups excluding carboxylic acids is 2. The zero-order valence-electron chi connectivity index (χ0n) is 15.0. The lowest BCUT2D eigenvalue weighted by Crippen LogP contribution is -2.35. The molecule has 1 aliphatic rings. The molecule has 5 rings (SSSR count). The quantitative estimate of drug-likeness (QED) is 0.490. The largest absolute Gasteiger partial charge is 0.507 e. The first-order valence-corrected chi connectivity index (χ1v) is 8.99. The fourth-order valence-corrected chi connectivity index (χ4v) is 3.79. The van der Waals surface area contributed by atoms with E-state index in [1.165, 1.54) is 12.1 Å². The van der Waals surface area contributed by atoms with E-state index >= 15 is 0 Å². The number of ketones is 1. The number of benzene rings is 3. The van der Waals surface area contributed by atoms with Gasteiger partial charge in [0.2, 0.25) is 0 Å². The van der Waals surface area contributed by atoms with Crippen molar-refractivity contribution in [3.05, 3.63) is 99.8 Å². The number of rotatable bonds is 2. The third kappa shape index (κ3) is 2.39. The van der Waals surface area contributed by atoms with E-state index in [-0.39, 0.29) is 17.1 Å². The molecule has 0 bridgehead atoms. The summed E-state index contributed by atoms with van der Waals surface area (Å²) in [6.07, 6.45) is 0. The molecule has 0 atom stereocenters. The molecule has 1 aliphatic carbocycles. The van der Waals surface area contributed by atoms with Gasteiger partial charge in [-0.15, -0.1) is 0 Å². The van der Waals surface area contributed by atoms with Gasteiger partial charge in [-0.25, -0.2) is 4.68 Å². The number of phenolic OH excluding ortho intramolecular Hbond substituents is 1. The zero-order valence-corrected chi connectivity index (χ0v) is 15.0. The second-order valence-electron chi connectivity index (χ2n) is 6.74. The van der Waals surface area contributed by atoms with Crippen LogP contribution in [0.1, 0.15) is 26.3 Å². The Morgan fingerprint density at radius 1 is 0.793 bits per heavy atom. The lowest BCUT2D eigenvalue weighted by Gasteiger charge is -2.16. The average Bonchev–Trinajstić information content (AvgIpc) is 3.04. The Labute approximate surface area is 164 Å². The molecule has 0 unspecified atom stereocenters. The molecule has 140 valence electrons. The summed E-state index contributed by atoms with van der Waals surface area (Å²) in [5, 5.41) is 10.9. The fraction of sp³-hybridized carbons (Fsp3) is 0. The van der Waals surface area contributed by atoms with E-state index in [1.54, 1.807) is 60.7 Å². The summed E-state index contributed by atoms with van der Waals surface area (Å²) in [6, 6.07) is 19.9. The molecule has 0 saturated heterocycles. The van der Waals surface area contributed by atoms with Gasteiger partial charge in [0.15, 0.2) is 5.78 Å². The summed E-state index contributed by atoms with van der Waals surface area (Å²) in [7, 11) is 0. The van der Waals surface area contributed by atoms with Gasteiger partial charge in [-0.1, -0.05) is 54.6 Å². The highest BCUT2D eigenvalue weighted by atomic mass is 16.3. The van der Waals surface area contributed by atoms with E-state index in [4.69, 9.17) is 0 Å². The van der Waals surface area contributed by atoms with Crippen LogP contribution >= 0.6 is 0 Å². The van der Waals surface area contributed by atoms with Crippen molar-refractivity contribution in [2.75, 3.05) is 5.43 Å². The predicted octanol–water partition coefficient (Wildman–Crippen LogP) is 3.30. The summed E-state index contributed by atoms with van der Waals surface area (Å²) in [5.41, 5.74) is 3.92. The van der Waals surface area contributed by atoms with Crippen LogP contribution in [0.2, 0.25) is 0 Å². The minimum absolute atomic E-state index is 0.0268. The number of phenols is 1. The third-order valence-electron chi connectivity index (χ3n) is 5.11. The molecular formula is C23H14N2O4. The van der Waals surface area contributed by atoms with Crippen molar-refractivity contribution in [3.8, 4) is 17.0 Å². The van der Waals surface area contributed by atoms with Crippen LogP contribution in [-0.2, 0) is 0 Å². The number of nitrogens with zero attached hydrogens (tertiary/aromatic N) is 1. The molecular weight excluding hydrogens is 368 g/mol. The van der Waals surface area contributed by atoms with E-state index in [0.717, 1.165) is 4.68 Å². The number of aromatic hydroxyl groups is 1. The average molecular weight is 382 g/mol. The highest BCUT2D eigenvalue weighted by Gasteiger charge is 2.33. The van der Waals surface area contributed by atoms with Crippen LogP contribution in [0.4, 0.5) is 0 Å². The van der Waals surface area contributed by atoms with Crippen molar-refractivity contribution in [2.45, 2.75) is 0 Å². The van der Waals surface area contributed by atoms with Crippen molar-refractivity contribution in [2.24, 2.45) is 0 Å². The first-order valence-electron chi connectivity index (χ1n) is 8.99. The first kappa shape index (κ1) is 16.9. The molecule has 0 aliphatic heterocycles. The van der Waals surface area contributed by atoms with Crippen LogP contribution in [0.15, 0.2) is 77.6 Å². The van der Waals surface area contributed by atoms with E-state index in [9.17, 15) is 19.5 Å². The second kappa shape index (κ2) is 6.17. The van der Waals surface area contributed by atoms with Crippen molar-refractivity contribution in [1.82, 2.24) is 4.68 Å². The molecule has 3 aromatic carbocycles. The number of carbonyl (C=O) groups is 2. The molecule has 1 aromatic heterocycles. The van der Waals surface area contributed by atoms with Crippen LogP contribution in [0.3, 0.4) is 0 Å². The number of para-hydroxylation sites is 1. The number of amides is 1. The molecule has 0 radical (unpaired) electrons. The maximum absolute atomic E-state index is 13.2. The molecule has 0 spiro atoms. The Morgan fingerprint density at radius 3 is 2.17 bits per heavy atom. The van der Waals surface area contributed by atoms with Gasteiger partial charge in [0.1, 0.15) is 5.75 Å². The molecule has 0 fully saturated rings. The van der Waals surface area contributed by atoms with Crippen molar-refractivity contribution < 1.29 is 14.7 Å². The Kier molecular flexibility index (Phi) is 3.61. The summed E-state index contributed by atoms with van der Waals surface area (Å²) < 4.78 is 1.11. The Bertz CT molecular complexity index is 1400. The number of fused-ring (bicyclic) bond motifs is 5. The molecule has 2 N–H and O–H groups in total. The van der Waals surface area contributed by atoms with E-state index in [1.807, 2.05) is 0 Å². The minimum atomic E-state index is -0.653. The van der Waals surface area contributed by atoms with Gasteiger partial charge in [-0.3, -0.25) is 19.8 Å². The van der Waals surface area contributed by atoms with E-state index < -0.39 is 11.5 Å². The number of hydrogen-bond acceptors (Lipinski definition) is 4. The molecule has 6 heteroatoms. The van der Waals surface area contributed by atoms with Gasteiger partial charge in [0.05, 0.1) is 16.8 Å². The zero-order chi connectivity index (χ0) is 20.1. The van der Waals surface area contributed by atoms with Crippen LogP contribution < -0.4 is 11.0 Å². The smallest absolute Gasteiger partial charge is 0.277 e. The van der Waals surface area contributed by atoms with Gasteiger partial charge in [-0.05, 0) is 18.2 Å². The molecule has 1 amide bonds. The van der Waals surface area contributed by atoms with Gasteiger partial charge >= 0.3 is 0 Å². The Hall–Kier alpha value is -4.19. The maximum atomic E-state index is 13.2. The molecule has 29 heavy (non-hydrogen) atoms. The van der Waals surface area contributed by atoms with Gasteiger partial charge in [-0.2, -0.15) is 0 Å². The van der Waals surface area contributed by atoms with Crippen LogP contribution in [-0.4, -0.2) is 21.5 Å². The van der Waals surface area contributed by atoms with Gasteiger partial charge < -0.3 is 5.11 Å². The second-order valence-corrected chi connectivity index (χ2v) is 6.74. The van der Waals surface area contributed by atoms with Gasteiger partial charge in [0, 0.05) is 21.9 Å². The number of hydrogen-bond donors (Lipinski definition) is 2. The lowest BCUT2D eigenvalue weighted by atomic mass is 10.0. The summed E-state index contributed by atoms with van der Waals surface area (Å²) in [5.74, 6) is -1.05. The summed E-state index contributed by atoms with van der Waals surface area (Å²) in [6.45, 7) is 0. The molecule has 0 saturated carbocycles. The van der Waals surface area contributed by atoms with Crippen molar-refractivity contribution in [3.63, 3.8) is 0 Å². The molecule has 1 heterocycles. The standard InChI is InChI=1S/C23H14N2O4/c26-18-12-6-5-11-17(18)22(28)24-25-20-14-8-2-3-9-15(14)21(27)19(20)13-7-1-4-10-16(13)23(25)29/h1-12,26H,(H,24,28). The number of aromatic nitrogens is 1. The van der Waals surface area contributed by atoms with Crippen molar-refractivity contribution in [1.29, 1.82) is 0 Å². The minimum Gasteiger partial charge on any atom is -0.507 e. The highest BCUT2D eigenvalue weighted by Crippen LogP contribution is 2.38. The van der Waals surface area contributed by atoms with Crippen LogP contribution in [0, 0.1) is 0 Å². The fourth-order valence-electron chi connectivity index (χ4n) is 3.79. The SMILES string of the molecule is O=C(Nn1c2c(c3ccccc3c1=O)C(=O)c1ccccc1-2)c1ccccc1O. The van der Waals surface area contributed by atoms with E-state index in [2.05, 4.69) is 5.43 Å². The van der Waals surface area contributed by atoms with Gasteiger partial charge in [0.25, 0.3) is 11.5 Å². The lowest BCUT2D eigenvalue weighted by molar-refractivity contribution is 0.100. The number of pyridine rings is 1. The topological polar surface area (TPSA) is 88.4 Å².